The lowest BCUT2D eigenvalue weighted by molar-refractivity contribution is -0.189. The molecule has 0 saturated carbocycles. The van der Waals surface area contributed by atoms with Gasteiger partial charge in [-0.1, -0.05) is 42.5 Å². The van der Waals surface area contributed by atoms with E-state index in [0.717, 1.165) is 0 Å². The molecule has 0 aliphatic heterocycles. The van der Waals surface area contributed by atoms with Gasteiger partial charge in [0, 0.05) is 17.7 Å². The second-order valence-electron chi connectivity index (χ2n) is 7.19. The Kier molecular flexibility index (Phi) is 6.03. The molecule has 0 saturated heterocycles. The van der Waals surface area contributed by atoms with E-state index in [2.05, 4.69) is 4.74 Å². The maximum atomic E-state index is 14.6. The largest absolute Gasteiger partial charge is 0.432 e. The summed E-state index contributed by atoms with van der Waals surface area (Å²) in [5.41, 5.74) is -0.875. The molecule has 0 radical (unpaired) electrons. The molecule has 1 nitrogen and oxygen atoms in total. The first kappa shape index (κ1) is 23.3. The molecule has 0 spiro atoms. The van der Waals surface area contributed by atoms with Gasteiger partial charge in [0.25, 0.3) is 0 Å². The van der Waals surface area contributed by atoms with Crippen LogP contribution in [-0.2, 0) is 6.11 Å². The lowest BCUT2D eigenvalue weighted by Gasteiger charge is -2.20. The maximum absolute atomic E-state index is 14.6. The van der Waals surface area contributed by atoms with Crippen molar-refractivity contribution in [1.29, 1.82) is 0 Å². The molecule has 174 valence electrons. The van der Waals surface area contributed by atoms with Crippen LogP contribution < -0.4 is 4.74 Å². The van der Waals surface area contributed by atoms with Gasteiger partial charge in [-0.2, -0.15) is 8.78 Å². The van der Waals surface area contributed by atoms with Crippen molar-refractivity contribution >= 4 is 0 Å². The minimum absolute atomic E-state index is 0.103. The standard InChI is InChI=1S/C25H12F8O/c26-18-4-2-1-3-17(18)14-7-5-13(6-8-14)15-9-19(27)23(20(28)10-15)25(32,33)34-16-11-21(29)24(31)22(30)12-16/h1-12H. The first-order valence-electron chi connectivity index (χ1n) is 9.63. The van der Waals surface area contributed by atoms with Crippen LogP contribution in [0.1, 0.15) is 5.56 Å². The van der Waals surface area contributed by atoms with Crippen LogP contribution in [0, 0.1) is 34.9 Å². The van der Waals surface area contributed by atoms with Crippen molar-refractivity contribution < 1.29 is 39.9 Å². The van der Waals surface area contributed by atoms with Crippen LogP contribution >= 0.6 is 0 Å². The van der Waals surface area contributed by atoms with Crippen LogP contribution in [0.15, 0.2) is 72.8 Å². The fourth-order valence-corrected chi connectivity index (χ4v) is 3.35. The molecule has 34 heavy (non-hydrogen) atoms. The Morgan fingerprint density at radius 3 is 1.62 bits per heavy atom. The van der Waals surface area contributed by atoms with Crippen molar-refractivity contribution in [2.24, 2.45) is 0 Å². The Morgan fingerprint density at radius 1 is 0.529 bits per heavy atom. The topological polar surface area (TPSA) is 9.23 Å². The highest BCUT2D eigenvalue weighted by Crippen LogP contribution is 2.38. The van der Waals surface area contributed by atoms with E-state index in [-0.39, 0.29) is 23.3 Å². The minimum Gasteiger partial charge on any atom is -0.429 e. The zero-order valence-corrected chi connectivity index (χ0v) is 16.9. The molecule has 0 heterocycles. The molecule has 0 aliphatic carbocycles. The first-order valence-corrected chi connectivity index (χ1v) is 9.63. The smallest absolute Gasteiger partial charge is 0.429 e. The van der Waals surface area contributed by atoms with Gasteiger partial charge in [0.05, 0.1) is 0 Å². The number of hydrogen-bond acceptors (Lipinski definition) is 1. The number of halogens is 8. The van der Waals surface area contributed by atoms with Gasteiger partial charge in [-0.3, -0.25) is 0 Å². The van der Waals surface area contributed by atoms with Gasteiger partial charge in [0.1, 0.15) is 28.8 Å². The third-order valence-corrected chi connectivity index (χ3v) is 4.94. The zero-order chi connectivity index (χ0) is 24.6. The van der Waals surface area contributed by atoms with Gasteiger partial charge in [0.2, 0.25) is 0 Å². The SMILES string of the molecule is Fc1ccccc1-c1ccc(-c2cc(F)c(C(F)(F)Oc3cc(F)c(F)c(F)c3)c(F)c2)cc1. The maximum Gasteiger partial charge on any atom is 0.432 e. The summed E-state index contributed by atoms with van der Waals surface area (Å²) < 4.78 is 116. The van der Waals surface area contributed by atoms with Gasteiger partial charge >= 0.3 is 6.11 Å². The van der Waals surface area contributed by atoms with Crippen LogP contribution in [0.25, 0.3) is 22.3 Å². The van der Waals surface area contributed by atoms with Gasteiger partial charge in [-0.25, -0.2) is 26.3 Å². The predicted octanol–water partition coefficient (Wildman–Crippen LogP) is 7.98. The second-order valence-corrected chi connectivity index (χ2v) is 7.19. The van der Waals surface area contributed by atoms with Crippen molar-refractivity contribution in [1.82, 2.24) is 0 Å². The van der Waals surface area contributed by atoms with E-state index in [9.17, 15) is 35.1 Å². The fraction of sp³-hybridized carbons (Fsp3) is 0.0400. The van der Waals surface area contributed by atoms with E-state index in [1.807, 2.05) is 0 Å². The second kappa shape index (κ2) is 8.81. The highest BCUT2D eigenvalue weighted by molar-refractivity contribution is 5.71. The van der Waals surface area contributed by atoms with Crippen LogP contribution in [-0.4, -0.2) is 0 Å². The lowest BCUT2D eigenvalue weighted by Crippen LogP contribution is -2.25. The van der Waals surface area contributed by atoms with E-state index in [1.54, 1.807) is 12.1 Å². The van der Waals surface area contributed by atoms with Crippen LogP contribution in [0.2, 0.25) is 0 Å². The summed E-state index contributed by atoms with van der Waals surface area (Å²) in [6.07, 6.45) is -4.68. The molecule has 0 N–H and O–H groups in total. The van der Waals surface area contributed by atoms with Crippen LogP contribution in [0.4, 0.5) is 35.1 Å². The Labute approximate surface area is 187 Å². The Morgan fingerprint density at radius 2 is 1.06 bits per heavy atom. The molecule has 0 aliphatic rings. The summed E-state index contributed by atoms with van der Waals surface area (Å²) >= 11 is 0. The summed E-state index contributed by atoms with van der Waals surface area (Å²) in [6, 6.07) is 13.3. The van der Waals surface area contributed by atoms with Gasteiger partial charge in [-0.15, -0.1) is 0 Å². The number of ether oxygens (including phenoxy) is 1. The first-order chi connectivity index (χ1) is 16.1. The number of alkyl halides is 2. The van der Waals surface area contributed by atoms with Crippen LogP contribution in [0.5, 0.6) is 5.75 Å². The number of benzene rings is 4. The highest BCUT2D eigenvalue weighted by Gasteiger charge is 2.41. The summed E-state index contributed by atoms with van der Waals surface area (Å²) in [5, 5.41) is 0. The molecule has 0 bridgehead atoms. The average Bonchev–Trinajstić information content (AvgIpc) is 2.77. The third kappa shape index (κ3) is 4.46. The van der Waals surface area contributed by atoms with Gasteiger partial charge < -0.3 is 4.74 Å². The predicted molar refractivity (Wildman–Crippen MR) is 108 cm³/mol. The Balaban J connectivity index is 1.65. The van der Waals surface area contributed by atoms with Crippen molar-refractivity contribution in [3.05, 3.63) is 113 Å². The quantitative estimate of drug-likeness (QED) is 0.208. The molecule has 4 aromatic carbocycles. The van der Waals surface area contributed by atoms with Crippen molar-refractivity contribution in [2.45, 2.75) is 6.11 Å². The third-order valence-electron chi connectivity index (χ3n) is 4.94. The summed E-state index contributed by atoms with van der Waals surface area (Å²) in [7, 11) is 0. The Bertz CT molecular complexity index is 1320. The van der Waals surface area contributed by atoms with E-state index in [0.29, 0.717) is 23.3 Å². The average molecular weight is 480 g/mol. The van der Waals surface area contributed by atoms with E-state index in [1.165, 1.54) is 36.4 Å². The van der Waals surface area contributed by atoms with E-state index in [4.69, 9.17) is 0 Å². The van der Waals surface area contributed by atoms with E-state index < -0.39 is 52.3 Å². The highest BCUT2D eigenvalue weighted by atomic mass is 19.3. The molecular weight excluding hydrogens is 468 g/mol. The minimum atomic E-state index is -4.68. The molecular formula is C25H12F8O. The molecule has 0 unspecified atom stereocenters. The summed E-state index contributed by atoms with van der Waals surface area (Å²) in [4.78, 5) is 0. The number of hydrogen-bond donors (Lipinski definition) is 0. The molecule has 4 rings (SSSR count). The molecule has 0 atom stereocenters. The summed E-state index contributed by atoms with van der Waals surface area (Å²) in [5.74, 6) is -10.6. The summed E-state index contributed by atoms with van der Waals surface area (Å²) in [6.45, 7) is 0. The molecule has 0 fully saturated rings. The molecule has 4 aromatic rings. The fourth-order valence-electron chi connectivity index (χ4n) is 3.35. The molecule has 0 amide bonds. The van der Waals surface area contributed by atoms with Crippen LogP contribution in [0.3, 0.4) is 0 Å². The van der Waals surface area contributed by atoms with Gasteiger partial charge in [-0.05, 0) is 34.9 Å². The van der Waals surface area contributed by atoms with Gasteiger partial charge in [0.15, 0.2) is 17.5 Å². The van der Waals surface area contributed by atoms with Crippen molar-refractivity contribution in [3.63, 3.8) is 0 Å². The van der Waals surface area contributed by atoms with Crippen molar-refractivity contribution in [3.8, 4) is 28.0 Å². The normalized spacial score (nSPS) is 11.5. The van der Waals surface area contributed by atoms with Crippen molar-refractivity contribution in [2.75, 3.05) is 0 Å². The monoisotopic (exact) mass is 480 g/mol. The number of rotatable bonds is 5. The van der Waals surface area contributed by atoms with E-state index >= 15 is 0 Å². The lowest BCUT2D eigenvalue weighted by atomic mass is 9.98. The molecule has 9 heteroatoms. The Hall–Kier alpha value is -3.88. The molecule has 0 aromatic heterocycles. The zero-order valence-electron chi connectivity index (χ0n) is 16.9.